The van der Waals surface area contributed by atoms with Crippen molar-refractivity contribution in [3.63, 3.8) is 0 Å². The average Bonchev–Trinajstić information content (AvgIpc) is 3.09. The third-order valence-electron chi connectivity index (χ3n) is 5.70. The topological polar surface area (TPSA) is 64.4 Å². The van der Waals surface area contributed by atoms with E-state index in [9.17, 15) is 9.59 Å². The minimum Gasteiger partial charge on any atom is -0.495 e. The molecule has 0 spiro atoms. The second-order valence-corrected chi connectivity index (χ2v) is 8.04. The predicted molar refractivity (Wildman–Crippen MR) is 120 cm³/mol. The van der Waals surface area contributed by atoms with Crippen LogP contribution in [0.3, 0.4) is 0 Å². The number of carbonyl (C=O) groups excluding carboxylic acids is 2. The molecule has 0 bridgehead atoms. The van der Waals surface area contributed by atoms with Gasteiger partial charge in [-0.15, -0.1) is 0 Å². The number of hydrogen-bond acceptors (Lipinski definition) is 4. The number of ether oxygens (including phenoxy) is 1. The molecule has 0 unspecified atom stereocenters. The van der Waals surface area contributed by atoms with E-state index in [-0.39, 0.29) is 18.4 Å². The molecule has 5 rings (SSSR count). The molecular weight excluding hydrogens is 414 g/mol. The van der Waals surface area contributed by atoms with Crippen LogP contribution < -0.4 is 4.74 Å². The van der Waals surface area contributed by atoms with Crippen LogP contribution in [-0.2, 0) is 16.1 Å². The summed E-state index contributed by atoms with van der Waals surface area (Å²) in [5.74, 6) is 0.405. The minimum absolute atomic E-state index is 0.126. The molecule has 31 heavy (non-hydrogen) atoms. The number of amides is 2. The Labute approximate surface area is 184 Å². The standard InChI is InChI=1S/C24H20ClN3O3/c1-31-21-10-7-15(14-27-22(29)5-2-6-23(27)30)12-20(21)28-19-13-16(25)8-9-17(19)18-4-3-11-26-24(18)28/h3-4,7-13H,2,5-6,14H2,1H3. The molecule has 7 heteroatoms. The molecule has 1 fully saturated rings. The van der Waals surface area contributed by atoms with Gasteiger partial charge in [-0.3, -0.25) is 19.1 Å². The maximum atomic E-state index is 12.3. The fraction of sp³-hybridized carbons (Fsp3) is 0.208. The van der Waals surface area contributed by atoms with E-state index in [1.165, 1.54) is 4.90 Å². The Hall–Kier alpha value is -3.38. The van der Waals surface area contributed by atoms with Crippen molar-refractivity contribution in [3.05, 3.63) is 65.3 Å². The number of nitrogens with zero attached hydrogens (tertiary/aromatic N) is 3. The van der Waals surface area contributed by atoms with Crippen LogP contribution in [0.25, 0.3) is 27.6 Å². The number of rotatable bonds is 4. The zero-order chi connectivity index (χ0) is 21.5. The number of carbonyl (C=O) groups is 2. The molecule has 6 nitrogen and oxygen atoms in total. The van der Waals surface area contributed by atoms with Crippen molar-refractivity contribution in [2.24, 2.45) is 0 Å². The average molecular weight is 434 g/mol. The van der Waals surface area contributed by atoms with Crippen molar-refractivity contribution in [3.8, 4) is 11.4 Å². The van der Waals surface area contributed by atoms with E-state index in [4.69, 9.17) is 16.3 Å². The van der Waals surface area contributed by atoms with E-state index < -0.39 is 0 Å². The lowest BCUT2D eigenvalue weighted by Crippen LogP contribution is -2.39. The SMILES string of the molecule is COc1ccc(CN2C(=O)CCCC2=O)cc1-n1c2cc(Cl)ccc2c2cccnc21. The Morgan fingerprint density at radius 2 is 1.84 bits per heavy atom. The van der Waals surface area contributed by atoms with Gasteiger partial charge in [-0.05, 0) is 48.4 Å². The summed E-state index contributed by atoms with van der Waals surface area (Å²) in [7, 11) is 1.62. The van der Waals surface area contributed by atoms with Gasteiger partial charge in [-0.25, -0.2) is 4.98 Å². The fourth-order valence-electron chi connectivity index (χ4n) is 4.23. The molecule has 1 aliphatic rings. The Morgan fingerprint density at radius 1 is 1.03 bits per heavy atom. The lowest BCUT2D eigenvalue weighted by molar-refractivity contribution is -0.148. The lowest BCUT2D eigenvalue weighted by atomic mass is 10.1. The van der Waals surface area contributed by atoms with E-state index in [2.05, 4.69) is 4.98 Å². The normalized spacial score (nSPS) is 14.6. The molecule has 2 aromatic carbocycles. The largest absolute Gasteiger partial charge is 0.495 e. The van der Waals surface area contributed by atoms with Crippen molar-refractivity contribution in [1.82, 2.24) is 14.5 Å². The molecule has 0 aliphatic carbocycles. The number of halogens is 1. The summed E-state index contributed by atoms with van der Waals surface area (Å²) in [5, 5.41) is 2.65. The zero-order valence-corrected chi connectivity index (χ0v) is 17.7. The first-order valence-electron chi connectivity index (χ1n) is 10.1. The van der Waals surface area contributed by atoms with E-state index >= 15 is 0 Å². The summed E-state index contributed by atoms with van der Waals surface area (Å²) < 4.78 is 7.67. The molecule has 2 aromatic heterocycles. The Balaban J connectivity index is 1.70. The minimum atomic E-state index is -0.126. The number of fused-ring (bicyclic) bond motifs is 3. The highest BCUT2D eigenvalue weighted by atomic mass is 35.5. The van der Waals surface area contributed by atoms with Gasteiger partial charge in [0.05, 0.1) is 24.9 Å². The quantitative estimate of drug-likeness (QED) is 0.430. The Morgan fingerprint density at radius 3 is 2.61 bits per heavy atom. The van der Waals surface area contributed by atoms with Gasteiger partial charge >= 0.3 is 0 Å². The van der Waals surface area contributed by atoms with Crippen molar-refractivity contribution in [2.75, 3.05) is 7.11 Å². The van der Waals surface area contributed by atoms with Gasteiger partial charge in [-0.2, -0.15) is 0 Å². The van der Waals surface area contributed by atoms with Crippen LogP contribution in [0.15, 0.2) is 54.7 Å². The first kappa shape index (κ1) is 19.6. The summed E-state index contributed by atoms with van der Waals surface area (Å²) in [6, 6.07) is 15.4. The Kier molecular flexibility index (Phi) is 4.87. The molecule has 0 N–H and O–H groups in total. The molecule has 0 atom stereocenters. The summed E-state index contributed by atoms with van der Waals surface area (Å²) in [4.78, 5) is 30.5. The van der Waals surface area contributed by atoms with Gasteiger partial charge in [0.1, 0.15) is 11.4 Å². The van der Waals surface area contributed by atoms with E-state index in [1.54, 1.807) is 13.3 Å². The van der Waals surface area contributed by atoms with E-state index in [1.807, 2.05) is 53.1 Å². The zero-order valence-electron chi connectivity index (χ0n) is 17.0. The first-order valence-corrected chi connectivity index (χ1v) is 10.5. The number of piperidine rings is 1. The van der Waals surface area contributed by atoms with Crippen molar-refractivity contribution >= 4 is 45.4 Å². The van der Waals surface area contributed by atoms with Crippen LogP contribution in [0, 0.1) is 0 Å². The molecule has 156 valence electrons. The van der Waals surface area contributed by atoms with E-state index in [0.29, 0.717) is 30.0 Å². The highest BCUT2D eigenvalue weighted by molar-refractivity contribution is 6.31. The van der Waals surface area contributed by atoms with Crippen LogP contribution in [0.4, 0.5) is 0 Å². The third kappa shape index (κ3) is 3.33. The third-order valence-corrected chi connectivity index (χ3v) is 5.93. The highest BCUT2D eigenvalue weighted by Gasteiger charge is 2.26. The molecule has 1 aliphatic heterocycles. The van der Waals surface area contributed by atoms with Gasteiger partial charge in [0.15, 0.2) is 0 Å². The molecule has 0 saturated carbocycles. The summed E-state index contributed by atoms with van der Waals surface area (Å²) in [6.07, 6.45) is 3.19. The number of aromatic nitrogens is 2. The maximum Gasteiger partial charge on any atom is 0.229 e. The highest BCUT2D eigenvalue weighted by Crippen LogP contribution is 2.36. The van der Waals surface area contributed by atoms with Crippen LogP contribution in [0.5, 0.6) is 5.75 Å². The van der Waals surface area contributed by atoms with Crippen LogP contribution in [0.1, 0.15) is 24.8 Å². The van der Waals surface area contributed by atoms with Gasteiger partial charge in [0, 0.05) is 34.8 Å². The molecule has 3 heterocycles. The van der Waals surface area contributed by atoms with Crippen LogP contribution in [-0.4, -0.2) is 33.4 Å². The monoisotopic (exact) mass is 433 g/mol. The number of hydrogen-bond donors (Lipinski definition) is 0. The van der Waals surface area contributed by atoms with Crippen LogP contribution >= 0.6 is 11.6 Å². The van der Waals surface area contributed by atoms with Crippen molar-refractivity contribution in [1.29, 1.82) is 0 Å². The van der Waals surface area contributed by atoms with Crippen molar-refractivity contribution < 1.29 is 14.3 Å². The number of likely N-dealkylation sites (tertiary alicyclic amines) is 1. The molecular formula is C24H20ClN3O3. The molecule has 0 radical (unpaired) electrons. The summed E-state index contributed by atoms with van der Waals surface area (Å²) in [6.45, 7) is 0.236. The predicted octanol–water partition coefficient (Wildman–Crippen LogP) is 4.88. The van der Waals surface area contributed by atoms with Gasteiger partial charge in [0.25, 0.3) is 0 Å². The summed E-state index contributed by atoms with van der Waals surface area (Å²) >= 11 is 6.32. The van der Waals surface area contributed by atoms with Gasteiger partial charge < -0.3 is 4.74 Å². The smallest absolute Gasteiger partial charge is 0.229 e. The number of imide groups is 1. The fourth-order valence-corrected chi connectivity index (χ4v) is 4.39. The Bertz CT molecular complexity index is 1330. The second kappa shape index (κ2) is 7.71. The van der Waals surface area contributed by atoms with Crippen LogP contribution in [0.2, 0.25) is 5.02 Å². The van der Waals surface area contributed by atoms with Gasteiger partial charge in [0.2, 0.25) is 11.8 Å². The number of methoxy groups -OCH3 is 1. The lowest BCUT2D eigenvalue weighted by Gasteiger charge is -2.25. The van der Waals surface area contributed by atoms with Gasteiger partial charge in [-0.1, -0.05) is 23.7 Å². The van der Waals surface area contributed by atoms with E-state index in [0.717, 1.165) is 33.2 Å². The second-order valence-electron chi connectivity index (χ2n) is 7.60. The van der Waals surface area contributed by atoms with Crippen molar-refractivity contribution in [2.45, 2.75) is 25.8 Å². The number of pyridine rings is 1. The maximum absolute atomic E-state index is 12.3. The number of benzene rings is 2. The molecule has 1 saturated heterocycles. The first-order chi connectivity index (χ1) is 15.1. The molecule has 4 aromatic rings. The molecule has 2 amide bonds. The summed E-state index contributed by atoms with van der Waals surface area (Å²) in [5.41, 5.74) is 3.30.